The van der Waals surface area contributed by atoms with Gasteiger partial charge in [0.25, 0.3) is 0 Å². The van der Waals surface area contributed by atoms with E-state index in [1.54, 1.807) is 7.11 Å². The fraction of sp³-hybridized carbons (Fsp3) is 0.600. The predicted octanol–water partition coefficient (Wildman–Crippen LogP) is 2.26. The fourth-order valence-corrected chi connectivity index (χ4v) is 2.09. The van der Waals surface area contributed by atoms with Crippen LogP contribution in [0.1, 0.15) is 31.4 Å². The molecule has 3 heteroatoms. The third-order valence-electron chi connectivity index (χ3n) is 3.20. The Morgan fingerprint density at radius 1 is 1.33 bits per heavy atom. The molecule has 0 atom stereocenters. The molecule has 0 heterocycles. The molecule has 0 bridgehead atoms. The minimum atomic E-state index is 0.103. The molecule has 0 aromatic heterocycles. The van der Waals surface area contributed by atoms with Crippen molar-refractivity contribution >= 4 is 0 Å². The fourth-order valence-electron chi connectivity index (χ4n) is 2.09. The summed E-state index contributed by atoms with van der Waals surface area (Å²) in [5.41, 5.74) is 8.23. The number of hydrogen-bond acceptors (Lipinski definition) is 3. The van der Waals surface area contributed by atoms with Crippen molar-refractivity contribution in [3.05, 3.63) is 29.3 Å². The predicted molar refractivity (Wildman–Crippen MR) is 77.2 cm³/mol. The van der Waals surface area contributed by atoms with Gasteiger partial charge in [-0.05, 0) is 58.3 Å². The lowest BCUT2D eigenvalue weighted by Gasteiger charge is -2.26. The van der Waals surface area contributed by atoms with Gasteiger partial charge < -0.3 is 15.8 Å². The van der Waals surface area contributed by atoms with E-state index < -0.39 is 0 Å². The van der Waals surface area contributed by atoms with Gasteiger partial charge in [0.2, 0.25) is 0 Å². The van der Waals surface area contributed by atoms with E-state index >= 15 is 0 Å². The lowest BCUT2D eigenvalue weighted by Crippen LogP contribution is -2.42. The van der Waals surface area contributed by atoms with Gasteiger partial charge in [-0.1, -0.05) is 17.7 Å². The molecule has 0 unspecified atom stereocenters. The maximum absolute atomic E-state index is 5.60. The summed E-state index contributed by atoms with van der Waals surface area (Å²) in [6.45, 7) is 8.13. The zero-order valence-electron chi connectivity index (χ0n) is 12.0. The van der Waals surface area contributed by atoms with Gasteiger partial charge in [-0.25, -0.2) is 0 Å². The van der Waals surface area contributed by atoms with Crippen LogP contribution in [0.15, 0.2) is 18.2 Å². The topological polar surface area (TPSA) is 47.3 Å². The van der Waals surface area contributed by atoms with Gasteiger partial charge in [0.1, 0.15) is 5.75 Å². The monoisotopic (exact) mass is 250 g/mol. The minimum absolute atomic E-state index is 0.103. The zero-order chi connectivity index (χ0) is 13.6. The van der Waals surface area contributed by atoms with Crippen LogP contribution < -0.4 is 15.8 Å². The molecule has 1 rings (SSSR count). The standard InChI is InChI=1S/C15H26N2O/c1-12-5-6-14(18-4)13(11-12)7-10-17-15(2,3)8-9-16/h5-6,11,17H,7-10,16H2,1-4H3. The van der Waals surface area contributed by atoms with Crippen LogP contribution in [-0.2, 0) is 6.42 Å². The Kier molecular flexibility index (Phi) is 5.63. The first-order chi connectivity index (χ1) is 8.48. The van der Waals surface area contributed by atoms with Gasteiger partial charge in [0.15, 0.2) is 0 Å². The van der Waals surface area contributed by atoms with E-state index in [9.17, 15) is 0 Å². The Bertz CT molecular complexity index is 375. The first-order valence-corrected chi connectivity index (χ1v) is 6.57. The number of hydrogen-bond donors (Lipinski definition) is 2. The lowest BCUT2D eigenvalue weighted by atomic mass is 10.00. The second-order valence-electron chi connectivity index (χ2n) is 5.41. The summed E-state index contributed by atoms with van der Waals surface area (Å²) in [6.07, 6.45) is 1.96. The maximum atomic E-state index is 5.60. The Hall–Kier alpha value is -1.06. The molecule has 0 spiro atoms. The van der Waals surface area contributed by atoms with E-state index in [1.807, 2.05) is 6.07 Å². The van der Waals surface area contributed by atoms with Gasteiger partial charge in [0.05, 0.1) is 7.11 Å². The zero-order valence-corrected chi connectivity index (χ0v) is 12.0. The molecular formula is C15H26N2O. The highest BCUT2D eigenvalue weighted by molar-refractivity contribution is 5.37. The summed E-state index contributed by atoms with van der Waals surface area (Å²) < 4.78 is 5.38. The van der Waals surface area contributed by atoms with Crippen LogP contribution in [-0.4, -0.2) is 25.7 Å². The Balaban J connectivity index is 2.55. The molecule has 1 aromatic rings. The number of nitrogens with one attached hydrogen (secondary N) is 1. The molecule has 0 saturated carbocycles. The average Bonchev–Trinajstić information content (AvgIpc) is 2.29. The van der Waals surface area contributed by atoms with Crippen molar-refractivity contribution in [2.75, 3.05) is 20.2 Å². The number of rotatable bonds is 7. The van der Waals surface area contributed by atoms with Crippen LogP contribution in [0.5, 0.6) is 5.75 Å². The number of aryl methyl sites for hydroxylation is 1. The smallest absolute Gasteiger partial charge is 0.122 e. The normalized spacial score (nSPS) is 11.6. The Morgan fingerprint density at radius 2 is 2.06 bits per heavy atom. The minimum Gasteiger partial charge on any atom is -0.496 e. The first-order valence-electron chi connectivity index (χ1n) is 6.57. The molecule has 0 radical (unpaired) electrons. The van der Waals surface area contributed by atoms with Crippen LogP contribution in [0.25, 0.3) is 0 Å². The molecule has 3 N–H and O–H groups in total. The Morgan fingerprint density at radius 3 is 2.67 bits per heavy atom. The van der Waals surface area contributed by atoms with Crippen molar-refractivity contribution in [2.24, 2.45) is 5.73 Å². The average molecular weight is 250 g/mol. The van der Waals surface area contributed by atoms with Crippen molar-refractivity contribution in [2.45, 2.75) is 39.2 Å². The maximum Gasteiger partial charge on any atom is 0.122 e. The number of benzene rings is 1. The van der Waals surface area contributed by atoms with Crippen LogP contribution in [0.3, 0.4) is 0 Å². The molecule has 0 fully saturated rings. The summed E-state index contributed by atoms with van der Waals surface area (Å²) in [7, 11) is 1.72. The van der Waals surface area contributed by atoms with Crippen molar-refractivity contribution in [3.8, 4) is 5.75 Å². The molecule has 0 aliphatic rings. The summed E-state index contributed by atoms with van der Waals surface area (Å²) >= 11 is 0. The molecule has 0 aliphatic heterocycles. The largest absolute Gasteiger partial charge is 0.496 e. The van der Waals surface area contributed by atoms with Crippen LogP contribution in [0, 0.1) is 6.92 Å². The summed E-state index contributed by atoms with van der Waals surface area (Å²) in [6, 6.07) is 6.31. The van der Waals surface area contributed by atoms with Crippen LogP contribution in [0.2, 0.25) is 0 Å². The van der Waals surface area contributed by atoms with E-state index in [0.29, 0.717) is 6.54 Å². The van der Waals surface area contributed by atoms with Gasteiger partial charge in [-0.2, -0.15) is 0 Å². The molecule has 102 valence electrons. The van der Waals surface area contributed by atoms with Crippen LogP contribution >= 0.6 is 0 Å². The highest BCUT2D eigenvalue weighted by atomic mass is 16.5. The second-order valence-corrected chi connectivity index (χ2v) is 5.41. The molecule has 0 saturated heterocycles. The van der Waals surface area contributed by atoms with Crippen molar-refractivity contribution in [1.82, 2.24) is 5.32 Å². The van der Waals surface area contributed by atoms with Gasteiger partial charge in [0, 0.05) is 5.54 Å². The van der Waals surface area contributed by atoms with Gasteiger partial charge >= 0.3 is 0 Å². The molecule has 0 amide bonds. The SMILES string of the molecule is COc1ccc(C)cc1CCNC(C)(C)CCN. The molecule has 3 nitrogen and oxygen atoms in total. The van der Waals surface area contributed by atoms with E-state index in [-0.39, 0.29) is 5.54 Å². The van der Waals surface area contributed by atoms with E-state index in [1.165, 1.54) is 11.1 Å². The third kappa shape index (κ3) is 4.67. The highest BCUT2D eigenvalue weighted by Crippen LogP contribution is 2.20. The molecule has 0 aliphatic carbocycles. The van der Waals surface area contributed by atoms with Crippen molar-refractivity contribution in [3.63, 3.8) is 0 Å². The van der Waals surface area contributed by atoms with E-state index in [0.717, 1.165) is 25.1 Å². The van der Waals surface area contributed by atoms with E-state index in [2.05, 4.69) is 38.2 Å². The number of nitrogens with two attached hydrogens (primary N) is 1. The number of ether oxygens (including phenoxy) is 1. The van der Waals surface area contributed by atoms with Crippen molar-refractivity contribution in [1.29, 1.82) is 0 Å². The summed E-state index contributed by atoms with van der Waals surface area (Å²) in [5.74, 6) is 0.971. The number of methoxy groups -OCH3 is 1. The first kappa shape index (κ1) is 15.0. The molecule has 18 heavy (non-hydrogen) atoms. The lowest BCUT2D eigenvalue weighted by molar-refractivity contribution is 0.367. The van der Waals surface area contributed by atoms with Crippen molar-refractivity contribution < 1.29 is 4.74 Å². The van der Waals surface area contributed by atoms with Crippen LogP contribution in [0.4, 0.5) is 0 Å². The second kappa shape index (κ2) is 6.76. The third-order valence-corrected chi connectivity index (χ3v) is 3.20. The molecule has 1 aromatic carbocycles. The van der Waals surface area contributed by atoms with Gasteiger partial charge in [-0.15, -0.1) is 0 Å². The quantitative estimate of drug-likeness (QED) is 0.780. The molecular weight excluding hydrogens is 224 g/mol. The summed E-state index contributed by atoms with van der Waals surface area (Å²) in [4.78, 5) is 0. The summed E-state index contributed by atoms with van der Waals surface area (Å²) in [5, 5.41) is 3.54. The van der Waals surface area contributed by atoms with E-state index in [4.69, 9.17) is 10.5 Å². The Labute approximate surface area is 111 Å². The van der Waals surface area contributed by atoms with Gasteiger partial charge in [-0.3, -0.25) is 0 Å². The highest BCUT2D eigenvalue weighted by Gasteiger charge is 2.15.